The fourth-order valence-electron chi connectivity index (χ4n) is 3.21. The molecule has 9 heteroatoms. The van der Waals surface area contributed by atoms with E-state index in [1.807, 2.05) is 18.2 Å². The second-order valence-electron chi connectivity index (χ2n) is 7.18. The topological polar surface area (TPSA) is 74.7 Å². The van der Waals surface area contributed by atoms with Crippen LogP contribution < -0.4 is 9.25 Å². The summed E-state index contributed by atoms with van der Waals surface area (Å²) in [6, 6.07) is 21.2. The number of aliphatic hydroxyl groups is 1. The van der Waals surface area contributed by atoms with Gasteiger partial charge in [-0.2, -0.15) is 0 Å². The van der Waals surface area contributed by atoms with Crippen molar-refractivity contribution in [3.63, 3.8) is 0 Å². The summed E-state index contributed by atoms with van der Waals surface area (Å²) in [6.45, 7) is 0.0818. The number of rotatable bonds is 9. The van der Waals surface area contributed by atoms with Crippen molar-refractivity contribution < 1.29 is 18.3 Å². The molecule has 1 N–H and O–H groups in total. The van der Waals surface area contributed by atoms with Crippen LogP contribution in [-0.2, 0) is 18.1 Å². The zero-order valence-corrected chi connectivity index (χ0v) is 21.4. The van der Waals surface area contributed by atoms with Gasteiger partial charge in [0, 0.05) is 0 Å². The number of hydrogen-bond donors (Lipinski definition) is 1. The molecule has 168 valence electrons. The van der Waals surface area contributed by atoms with E-state index in [2.05, 4.69) is 0 Å². The van der Waals surface area contributed by atoms with Crippen molar-refractivity contribution in [2.45, 2.75) is 11.3 Å². The summed E-state index contributed by atoms with van der Waals surface area (Å²) in [5.74, 6) is 0. The Morgan fingerprint density at radius 3 is 2.25 bits per heavy atom. The third-order valence-electron chi connectivity index (χ3n) is 4.90. The van der Waals surface area contributed by atoms with Gasteiger partial charge >= 0.3 is 203 Å². The van der Waals surface area contributed by atoms with Crippen molar-refractivity contribution in [3.8, 4) is 0 Å². The first-order chi connectivity index (χ1) is 15.2. The zero-order chi connectivity index (χ0) is 23.3. The first kappa shape index (κ1) is 24.8. The number of aliphatic hydroxyl groups excluding tert-OH is 1. The molecule has 0 radical (unpaired) electrons. The molecule has 0 aliphatic carbocycles. The van der Waals surface area contributed by atoms with Crippen LogP contribution in [0.25, 0.3) is 0 Å². The van der Waals surface area contributed by atoms with E-state index in [0.717, 1.165) is 0 Å². The summed E-state index contributed by atoms with van der Waals surface area (Å²) >= 11 is 9.77. The number of amides is 1. The predicted octanol–water partition coefficient (Wildman–Crippen LogP) is 3.71. The normalized spacial score (nSPS) is 13.4. The van der Waals surface area contributed by atoms with Crippen molar-refractivity contribution in [1.82, 2.24) is 0 Å². The standard InChI is InChI=1S/C23H22AsCl2NO4S/c1-32(30,31)24(14-18-8-5-9-21(25)23(18)26)19-10-12-20(13-11-19)27(16-28)15-22(29)17-6-3-2-4-7-17/h2-13,16,22,29H,14-15H2,1H3. The molecule has 5 nitrogen and oxygen atoms in total. The minimum atomic E-state index is -3.32. The summed E-state index contributed by atoms with van der Waals surface area (Å²) in [7, 11) is -3.32. The van der Waals surface area contributed by atoms with Gasteiger partial charge in [-0.3, -0.25) is 0 Å². The average molecular weight is 554 g/mol. The van der Waals surface area contributed by atoms with Gasteiger partial charge in [0.15, 0.2) is 0 Å². The van der Waals surface area contributed by atoms with Crippen LogP contribution in [0.3, 0.4) is 0 Å². The SMILES string of the molecule is CS(=O)(=O)[As](Cc1cccc(Cl)c1Cl)c1ccc(N(C=O)CC(O)c2ccccc2)cc1. The van der Waals surface area contributed by atoms with Gasteiger partial charge in [0.1, 0.15) is 0 Å². The molecule has 0 heterocycles. The number of benzene rings is 3. The molecule has 1 amide bonds. The van der Waals surface area contributed by atoms with E-state index in [9.17, 15) is 18.3 Å². The van der Waals surface area contributed by atoms with Gasteiger partial charge < -0.3 is 0 Å². The maximum atomic E-state index is 12.6. The molecule has 0 aliphatic heterocycles. The monoisotopic (exact) mass is 553 g/mol. The van der Waals surface area contributed by atoms with Crippen LogP contribution in [0.1, 0.15) is 17.2 Å². The van der Waals surface area contributed by atoms with E-state index >= 15 is 0 Å². The average Bonchev–Trinajstić information content (AvgIpc) is 2.78. The van der Waals surface area contributed by atoms with Gasteiger partial charge in [0.05, 0.1) is 0 Å². The molecule has 0 aromatic heterocycles. The summed E-state index contributed by atoms with van der Waals surface area (Å²) in [6.07, 6.45) is 1.05. The summed E-state index contributed by atoms with van der Waals surface area (Å²) in [4.78, 5) is 13.1. The van der Waals surface area contributed by atoms with Crippen LogP contribution in [-0.4, -0.2) is 46.2 Å². The van der Waals surface area contributed by atoms with Gasteiger partial charge in [-0.15, -0.1) is 0 Å². The van der Waals surface area contributed by atoms with E-state index in [1.54, 1.807) is 54.6 Å². The van der Waals surface area contributed by atoms with E-state index in [4.69, 9.17) is 23.2 Å². The Bertz CT molecular complexity index is 1170. The quantitative estimate of drug-likeness (QED) is 0.324. The van der Waals surface area contributed by atoms with Crippen LogP contribution in [0.2, 0.25) is 10.0 Å². The molecule has 2 atom stereocenters. The first-order valence-corrected chi connectivity index (χ1v) is 16.8. The molecule has 0 saturated carbocycles. The number of carbonyl (C=O) groups is 1. The summed E-state index contributed by atoms with van der Waals surface area (Å²) in [5.41, 5.74) is 1.98. The van der Waals surface area contributed by atoms with Gasteiger partial charge in [0.25, 0.3) is 0 Å². The van der Waals surface area contributed by atoms with E-state index in [0.29, 0.717) is 42.8 Å². The molecule has 0 fully saturated rings. The van der Waals surface area contributed by atoms with Crippen molar-refractivity contribution in [3.05, 3.63) is 94.0 Å². The Morgan fingerprint density at radius 1 is 1.00 bits per heavy atom. The minimum absolute atomic E-state index is 0.0818. The molecular formula is C23H22AsCl2NO4S. The molecule has 32 heavy (non-hydrogen) atoms. The molecule has 2 unspecified atom stereocenters. The van der Waals surface area contributed by atoms with Crippen molar-refractivity contribution in [2.24, 2.45) is 0 Å². The molecule has 3 aromatic carbocycles. The fraction of sp³-hybridized carbons (Fsp3) is 0.174. The van der Waals surface area contributed by atoms with Crippen LogP contribution in [0.15, 0.2) is 72.8 Å². The second-order valence-corrected chi connectivity index (χ2v) is 19.2. The second kappa shape index (κ2) is 10.9. The van der Waals surface area contributed by atoms with Gasteiger partial charge in [-0.25, -0.2) is 0 Å². The number of carbonyl (C=O) groups excluding carboxylic acids is 1. The molecule has 3 aromatic rings. The van der Waals surface area contributed by atoms with Crippen LogP contribution >= 0.6 is 23.2 Å². The van der Waals surface area contributed by atoms with Crippen molar-refractivity contribution >= 4 is 61.2 Å². The van der Waals surface area contributed by atoms with Crippen molar-refractivity contribution in [1.29, 1.82) is 0 Å². The van der Waals surface area contributed by atoms with Gasteiger partial charge in [-0.1, -0.05) is 0 Å². The Hall–Kier alpha value is -1.82. The fourth-order valence-corrected chi connectivity index (χ4v) is 12.3. The van der Waals surface area contributed by atoms with Gasteiger partial charge in [-0.05, 0) is 0 Å². The van der Waals surface area contributed by atoms with E-state index in [1.165, 1.54) is 11.2 Å². The molecule has 0 aliphatic rings. The first-order valence-electron chi connectivity index (χ1n) is 9.66. The number of halogens is 2. The number of hydrogen-bond acceptors (Lipinski definition) is 4. The number of anilines is 1. The number of nitrogens with zero attached hydrogens (tertiary/aromatic N) is 1. The Morgan fingerprint density at radius 2 is 1.66 bits per heavy atom. The molecule has 3 rings (SSSR count). The third kappa shape index (κ3) is 6.15. The molecule has 0 bridgehead atoms. The van der Waals surface area contributed by atoms with E-state index in [-0.39, 0.29) is 6.54 Å². The molecular weight excluding hydrogens is 532 g/mol. The predicted molar refractivity (Wildman–Crippen MR) is 132 cm³/mol. The summed E-state index contributed by atoms with van der Waals surface area (Å²) < 4.78 is 25.9. The maximum absolute atomic E-state index is 12.6. The van der Waals surface area contributed by atoms with Gasteiger partial charge in [0.2, 0.25) is 0 Å². The third-order valence-corrected chi connectivity index (χ3v) is 16.5. The molecule has 0 saturated heterocycles. The Kier molecular flexibility index (Phi) is 8.42. The van der Waals surface area contributed by atoms with Crippen LogP contribution in [0.5, 0.6) is 0 Å². The van der Waals surface area contributed by atoms with E-state index < -0.39 is 27.7 Å². The van der Waals surface area contributed by atoms with Crippen LogP contribution in [0, 0.1) is 0 Å². The van der Waals surface area contributed by atoms with Crippen LogP contribution in [0.4, 0.5) is 5.69 Å². The molecule has 0 spiro atoms. The van der Waals surface area contributed by atoms with Crippen molar-refractivity contribution in [2.75, 3.05) is 17.7 Å². The zero-order valence-electron chi connectivity index (χ0n) is 17.2. The summed E-state index contributed by atoms with van der Waals surface area (Å²) in [5, 5.41) is 11.5. The Labute approximate surface area is 201 Å². The Balaban J connectivity index is 1.83.